The predicted octanol–water partition coefficient (Wildman–Crippen LogP) is 1.82. The number of aromatic nitrogens is 2. The maximum absolute atomic E-state index is 11.7. The van der Waals surface area contributed by atoms with Crippen molar-refractivity contribution in [3.8, 4) is 0 Å². The number of carbonyl (C=O) groups is 1. The summed E-state index contributed by atoms with van der Waals surface area (Å²) < 4.78 is 0. The second-order valence-electron chi connectivity index (χ2n) is 4.42. The van der Waals surface area contributed by atoms with Crippen molar-refractivity contribution in [2.24, 2.45) is 5.73 Å². The van der Waals surface area contributed by atoms with Crippen LogP contribution >= 0.6 is 0 Å². The largest absolute Gasteiger partial charge is 0.332 e. The molecule has 1 unspecified atom stereocenters. The highest BCUT2D eigenvalue weighted by Gasteiger charge is 2.03. The summed E-state index contributed by atoms with van der Waals surface area (Å²) in [5, 5.41) is 5.46. The Morgan fingerprint density at radius 2 is 2.05 bits per heavy atom. The number of carbonyl (C=O) groups excluding carboxylic acids is 1. The standard InChI is InChI=1S/C14H17N5O/c1-10(15)11-2-4-12(5-3-11)19-14(20)17-8-13-6-7-16-9-18-13/h2-7,9-10H,8,15H2,1H3,(H2,17,19,20). The lowest BCUT2D eigenvalue weighted by atomic mass is 10.1. The fourth-order valence-electron chi connectivity index (χ4n) is 1.64. The highest BCUT2D eigenvalue weighted by Crippen LogP contribution is 2.13. The van der Waals surface area contributed by atoms with E-state index in [1.807, 2.05) is 31.2 Å². The highest BCUT2D eigenvalue weighted by molar-refractivity contribution is 5.89. The fraction of sp³-hybridized carbons (Fsp3) is 0.214. The van der Waals surface area contributed by atoms with Crippen LogP contribution in [0.5, 0.6) is 0 Å². The van der Waals surface area contributed by atoms with Crippen molar-refractivity contribution in [1.82, 2.24) is 15.3 Å². The van der Waals surface area contributed by atoms with E-state index in [4.69, 9.17) is 5.73 Å². The Labute approximate surface area is 117 Å². The van der Waals surface area contributed by atoms with Crippen LogP contribution in [0.15, 0.2) is 42.9 Å². The number of benzene rings is 1. The van der Waals surface area contributed by atoms with Crippen molar-refractivity contribution in [2.45, 2.75) is 19.5 Å². The summed E-state index contributed by atoms with van der Waals surface area (Å²) in [5.41, 5.74) is 8.26. The number of rotatable bonds is 4. The number of nitrogens with one attached hydrogen (secondary N) is 2. The van der Waals surface area contributed by atoms with Crippen molar-refractivity contribution in [1.29, 1.82) is 0 Å². The zero-order valence-electron chi connectivity index (χ0n) is 11.2. The van der Waals surface area contributed by atoms with E-state index >= 15 is 0 Å². The van der Waals surface area contributed by atoms with Gasteiger partial charge in [0.15, 0.2) is 0 Å². The van der Waals surface area contributed by atoms with Gasteiger partial charge in [0.05, 0.1) is 12.2 Å². The molecule has 0 aliphatic heterocycles. The Morgan fingerprint density at radius 3 is 2.65 bits per heavy atom. The van der Waals surface area contributed by atoms with Gasteiger partial charge >= 0.3 is 6.03 Å². The molecular formula is C14H17N5O. The van der Waals surface area contributed by atoms with Gasteiger partial charge < -0.3 is 16.4 Å². The van der Waals surface area contributed by atoms with E-state index in [2.05, 4.69) is 20.6 Å². The maximum Gasteiger partial charge on any atom is 0.319 e. The molecule has 1 heterocycles. The van der Waals surface area contributed by atoms with Crippen LogP contribution in [0.25, 0.3) is 0 Å². The van der Waals surface area contributed by atoms with Gasteiger partial charge in [-0.05, 0) is 30.7 Å². The molecule has 0 aliphatic carbocycles. The highest BCUT2D eigenvalue weighted by atomic mass is 16.2. The van der Waals surface area contributed by atoms with Gasteiger partial charge in [0, 0.05) is 17.9 Å². The minimum Gasteiger partial charge on any atom is -0.332 e. The molecule has 6 heteroatoms. The molecule has 2 rings (SSSR count). The minimum atomic E-state index is -0.280. The van der Waals surface area contributed by atoms with Crippen molar-refractivity contribution in [3.63, 3.8) is 0 Å². The van der Waals surface area contributed by atoms with Crippen molar-refractivity contribution in [3.05, 3.63) is 54.1 Å². The second kappa shape index (κ2) is 6.63. The van der Waals surface area contributed by atoms with Gasteiger partial charge in [-0.3, -0.25) is 0 Å². The summed E-state index contributed by atoms with van der Waals surface area (Å²) in [5.74, 6) is 0. The number of nitrogens with zero attached hydrogens (tertiary/aromatic N) is 2. The molecule has 1 atom stereocenters. The third-order valence-electron chi connectivity index (χ3n) is 2.77. The van der Waals surface area contributed by atoms with Crippen LogP contribution < -0.4 is 16.4 Å². The molecule has 0 spiro atoms. The van der Waals surface area contributed by atoms with Crippen LogP contribution in [-0.4, -0.2) is 16.0 Å². The number of hydrogen-bond acceptors (Lipinski definition) is 4. The number of anilines is 1. The Morgan fingerprint density at radius 1 is 1.30 bits per heavy atom. The third kappa shape index (κ3) is 4.03. The monoisotopic (exact) mass is 271 g/mol. The summed E-state index contributed by atoms with van der Waals surface area (Å²) in [6.07, 6.45) is 3.08. The quantitative estimate of drug-likeness (QED) is 0.790. The maximum atomic E-state index is 11.7. The number of nitrogens with two attached hydrogens (primary N) is 1. The van der Waals surface area contributed by atoms with Gasteiger partial charge in [-0.2, -0.15) is 0 Å². The Hall–Kier alpha value is -2.47. The summed E-state index contributed by atoms with van der Waals surface area (Å²) in [6.45, 7) is 2.27. The number of urea groups is 1. The molecule has 6 nitrogen and oxygen atoms in total. The van der Waals surface area contributed by atoms with Gasteiger partial charge in [-0.1, -0.05) is 12.1 Å². The molecule has 0 saturated carbocycles. The molecule has 1 aromatic heterocycles. The predicted molar refractivity (Wildman–Crippen MR) is 76.9 cm³/mol. The second-order valence-corrected chi connectivity index (χ2v) is 4.42. The SMILES string of the molecule is CC(N)c1ccc(NC(=O)NCc2ccncn2)cc1. The van der Waals surface area contributed by atoms with E-state index in [-0.39, 0.29) is 12.1 Å². The normalized spacial score (nSPS) is 11.7. The van der Waals surface area contributed by atoms with Gasteiger partial charge in [-0.25, -0.2) is 14.8 Å². The first-order valence-electron chi connectivity index (χ1n) is 6.30. The van der Waals surface area contributed by atoms with E-state index in [1.54, 1.807) is 12.3 Å². The Balaban J connectivity index is 1.85. The molecule has 104 valence electrons. The number of hydrogen-bond donors (Lipinski definition) is 3. The molecule has 0 fully saturated rings. The number of amides is 2. The van der Waals surface area contributed by atoms with Gasteiger partial charge in [0.1, 0.15) is 6.33 Å². The van der Waals surface area contributed by atoms with Crippen LogP contribution in [-0.2, 0) is 6.54 Å². The van der Waals surface area contributed by atoms with Crippen LogP contribution in [0.3, 0.4) is 0 Å². The summed E-state index contributed by atoms with van der Waals surface area (Å²) in [7, 11) is 0. The first-order chi connectivity index (χ1) is 9.65. The molecule has 0 saturated heterocycles. The van der Waals surface area contributed by atoms with Gasteiger partial charge in [0.2, 0.25) is 0 Å². The molecule has 4 N–H and O–H groups in total. The molecule has 2 amide bonds. The van der Waals surface area contributed by atoms with Crippen LogP contribution in [0, 0.1) is 0 Å². The molecule has 20 heavy (non-hydrogen) atoms. The zero-order valence-corrected chi connectivity index (χ0v) is 11.2. The lowest BCUT2D eigenvalue weighted by Crippen LogP contribution is -2.28. The average Bonchev–Trinajstić information content (AvgIpc) is 2.47. The van der Waals surface area contributed by atoms with Crippen LogP contribution in [0.4, 0.5) is 10.5 Å². The van der Waals surface area contributed by atoms with Crippen molar-refractivity contribution in [2.75, 3.05) is 5.32 Å². The van der Waals surface area contributed by atoms with E-state index in [0.29, 0.717) is 6.54 Å². The van der Waals surface area contributed by atoms with E-state index in [0.717, 1.165) is 16.9 Å². The third-order valence-corrected chi connectivity index (χ3v) is 2.77. The van der Waals surface area contributed by atoms with Crippen molar-refractivity contribution < 1.29 is 4.79 Å². The van der Waals surface area contributed by atoms with Gasteiger partial charge in [0.25, 0.3) is 0 Å². The summed E-state index contributed by atoms with van der Waals surface area (Å²) in [6, 6.07) is 8.88. The van der Waals surface area contributed by atoms with E-state index < -0.39 is 0 Å². The Kier molecular flexibility index (Phi) is 4.62. The van der Waals surface area contributed by atoms with Crippen LogP contribution in [0.2, 0.25) is 0 Å². The fourth-order valence-corrected chi connectivity index (χ4v) is 1.64. The van der Waals surface area contributed by atoms with E-state index in [9.17, 15) is 4.79 Å². The summed E-state index contributed by atoms with van der Waals surface area (Å²) >= 11 is 0. The van der Waals surface area contributed by atoms with Crippen LogP contribution in [0.1, 0.15) is 24.2 Å². The Bertz CT molecular complexity index is 554. The first-order valence-corrected chi connectivity index (χ1v) is 6.30. The first kappa shape index (κ1) is 14.0. The summed E-state index contributed by atoms with van der Waals surface area (Å²) in [4.78, 5) is 19.5. The topological polar surface area (TPSA) is 92.9 Å². The molecule has 1 aromatic carbocycles. The molecular weight excluding hydrogens is 254 g/mol. The molecule has 2 aromatic rings. The molecule has 0 aliphatic rings. The smallest absolute Gasteiger partial charge is 0.319 e. The molecule has 0 bridgehead atoms. The molecule has 0 radical (unpaired) electrons. The average molecular weight is 271 g/mol. The van der Waals surface area contributed by atoms with E-state index in [1.165, 1.54) is 6.33 Å². The van der Waals surface area contributed by atoms with Gasteiger partial charge in [-0.15, -0.1) is 0 Å². The minimum absolute atomic E-state index is 0.0179. The van der Waals surface area contributed by atoms with Crippen molar-refractivity contribution >= 4 is 11.7 Å². The zero-order chi connectivity index (χ0) is 14.4. The lowest BCUT2D eigenvalue weighted by Gasteiger charge is -2.09. The lowest BCUT2D eigenvalue weighted by molar-refractivity contribution is 0.251.